The van der Waals surface area contributed by atoms with Gasteiger partial charge in [-0.2, -0.15) is 9.61 Å². The fourth-order valence-electron chi connectivity index (χ4n) is 3.39. The zero-order chi connectivity index (χ0) is 21.3. The van der Waals surface area contributed by atoms with Crippen molar-refractivity contribution in [3.05, 3.63) is 67.6 Å². The highest BCUT2D eigenvalue weighted by Crippen LogP contribution is 2.26. The molecular formula is C20H19Cl2N7O. The van der Waals surface area contributed by atoms with Crippen molar-refractivity contribution in [3.63, 3.8) is 0 Å². The van der Waals surface area contributed by atoms with Crippen LogP contribution in [0, 0.1) is 0 Å². The van der Waals surface area contributed by atoms with E-state index >= 15 is 0 Å². The minimum atomic E-state index is -0.198. The van der Waals surface area contributed by atoms with E-state index in [1.807, 2.05) is 13.8 Å². The van der Waals surface area contributed by atoms with Gasteiger partial charge in [-0.25, -0.2) is 5.10 Å². The van der Waals surface area contributed by atoms with E-state index in [9.17, 15) is 4.79 Å². The van der Waals surface area contributed by atoms with E-state index in [1.165, 1.54) is 0 Å². The molecule has 10 heteroatoms. The molecule has 154 valence electrons. The Bertz CT molecular complexity index is 1260. The van der Waals surface area contributed by atoms with Crippen molar-refractivity contribution in [2.45, 2.75) is 33.2 Å². The van der Waals surface area contributed by atoms with Crippen molar-refractivity contribution in [3.8, 4) is 11.4 Å². The average molecular weight is 444 g/mol. The summed E-state index contributed by atoms with van der Waals surface area (Å²) in [5.74, 6) is 1.09. The highest BCUT2D eigenvalue weighted by molar-refractivity contribution is 6.35. The Morgan fingerprint density at radius 1 is 1.03 bits per heavy atom. The summed E-state index contributed by atoms with van der Waals surface area (Å²) < 4.78 is 1.61. The van der Waals surface area contributed by atoms with Gasteiger partial charge in [-0.15, -0.1) is 15.3 Å². The molecule has 0 aliphatic carbocycles. The quantitative estimate of drug-likeness (QED) is 0.468. The van der Waals surface area contributed by atoms with E-state index in [-0.39, 0.29) is 5.56 Å². The molecule has 2 N–H and O–H groups in total. The number of nitrogens with zero attached hydrogens (tertiary/aromatic N) is 5. The van der Waals surface area contributed by atoms with Gasteiger partial charge >= 0.3 is 0 Å². The molecule has 8 nitrogen and oxygen atoms in total. The van der Waals surface area contributed by atoms with Gasteiger partial charge in [0.05, 0.1) is 5.69 Å². The Morgan fingerprint density at radius 3 is 2.50 bits per heavy atom. The summed E-state index contributed by atoms with van der Waals surface area (Å²) in [5.41, 5.74) is 3.62. The molecule has 3 aromatic heterocycles. The van der Waals surface area contributed by atoms with Crippen LogP contribution in [0.3, 0.4) is 0 Å². The number of benzene rings is 1. The SMILES string of the molecule is CCc1n[nH]c(=O)c(CNc2ccc3nnc(-c4cc(Cl)cc(Cl)c4)n3n2)c1CC. The first-order valence-corrected chi connectivity index (χ1v) is 10.3. The van der Waals surface area contributed by atoms with E-state index in [1.54, 1.807) is 34.8 Å². The Kier molecular flexibility index (Phi) is 5.69. The molecule has 0 aliphatic rings. The summed E-state index contributed by atoms with van der Waals surface area (Å²) in [5, 5.41) is 23.9. The molecule has 0 amide bonds. The minimum Gasteiger partial charge on any atom is -0.364 e. The van der Waals surface area contributed by atoms with Crippen LogP contribution in [-0.2, 0) is 19.4 Å². The first-order valence-electron chi connectivity index (χ1n) is 9.52. The zero-order valence-corrected chi connectivity index (χ0v) is 17.9. The van der Waals surface area contributed by atoms with Gasteiger partial charge in [0.2, 0.25) is 0 Å². The highest BCUT2D eigenvalue weighted by Gasteiger charge is 2.14. The molecule has 30 heavy (non-hydrogen) atoms. The number of aryl methyl sites for hydroxylation is 1. The average Bonchev–Trinajstić information content (AvgIpc) is 3.15. The molecular weight excluding hydrogens is 425 g/mol. The van der Waals surface area contributed by atoms with Crippen molar-refractivity contribution in [1.29, 1.82) is 0 Å². The van der Waals surface area contributed by atoms with Gasteiger partial charge in [0.25, 0.3) is 5.56 Å². The largest absolute Gasteiger partial charge is 0.364 e. The number of halogens is 2. The Hall–Kier alpha value is -2.97. The number of fused-ring (bicyclic) bond motifs is 1. The molecule has 0 unspecified atom stereocenters. The van der Waals surface area contributed by atoms with Crippen LogP contribution in [-0.4, -0.2) is 30.0 Å². The third-order valence-corrected chi connectivity index (χ3v) is 5.23. The second-order valence-corrected chi connectivity index (χ2v) is 7.56. The van der Waals surface area contributed by atoms with Crippen LogP contribution in [0.5, 0.6) is 0 Å². The van der Waals surface area contributed by atoms with Crippen LogP contribution in [0.15, 0.2) is 35.1 Å². The maximum Gasteiger partial charge on any atom is 0.269 e. The molecule has 0 radical (unpaired) electrons. The van der Waals surface area contributed by atoms with E-state index in [4.69, 9.17) is 23.2 Å². The number of rotatable bonds is 6. The van der Waals surface area contributed by atoms with Gasteiger partial charge in [0.1, 0.15) is 5.82 Å². The van der Waals surface area contributed by atoms with Crippen molar-refractivity contribution >= 4 is 34.7 Å². The summed E-state index contributed by atoms with van der Waals surface area (Å²) in [4.78, 5) is 12.3. The highest BCUT2D eigenvalue weighted by atomic mass is 35.5. The molecule has 0 saturated carbocycles. The number of nitrogens with one attached hydrogen (secondary N) is 2. The monoisotopic (exact) mass is 443 g/mol. The molecule has 0 atom stereocenters. The van der Waals surface area contributed by atoms with E-state index < -0.39 is 0 Å². The fraction of sp³-hybridized carbons (Fsp3) is 0.250. The molecule has 4 rings (SSSR count). The Labute approximate surface area is 182 Å². The molecule has 0 saturated heterocycles. The maximum atomic E-state index is 12.3. The summed E-state index contributed by atoms with van der Waals surface area (Å²) in [7, 11) is 0. The van der Waals surface area contributed by atoms with Crippen molar-refractivity contribution < 1.29 is 0 Å². The third kappa shape index (κ3) is 3.88. The van der Waals surface area contributed by atoms with Gasteiger partial charge in [-0.3, -0.25) is 4.79 Å². The second kappa shape index (κ2) is 8.41. The van der Waals surface area contributed by atoms with Gasteiger partial charge in [-0.1, -0.05) is 37.0 Å². The maximum absolute atomic E-state index is 12.3. The van der Waals surface area contributed by atoms with Crippen LogP contribution in [0.25, 0.3) is 17.0 Å². The lowest BCUT2D eigenvalue weighted by Crippen LogP contribution is -2.22. The smallest absolute Gasteiger partial charge is 0.269 e. The van der Waals surface area contributed by atoms with E-state index in [0.29, 0.717) is 45.0 Å². The minimum absolute atomic E-state index is 0.198. The number of H-pyrrole nitrogens is 1. The zero-order valence-electron chi connectivity index (χ0n) is 16.4. The Morgan fingerprint density at radius 2 is 1.80 bits per heavy atom. The van der Waals surface area contributed by atoms with Gasteiger partial charge < -0.3 is 5.32 Å². The molecule has 0 fully saturated rings. The van der Waals surface area contributed by atoms with E-state index in [2.05, 4.69) is 30.8 Å². The molecule has 1 aromatic carbocycles. The number of aromatic amines is 1. The molecule has 4 aromatic rings. The van der Waals surface area contributed by atoms with Crippen LogP contribution >= 0.6 is 23.2 Å². The van der Waals surface area contributed by atoms with Crippen LogP contribution in [0.2, 0.25) is 10.0 Å². The number of hydrogen-bond acceptors (Lipinski definition) is 6. The lowest BCUT2D eigenvalue weighted by Gasteiger charge is -2.12. The summed E-state index contributed by atoms with van der Waals surface area (Å²) >= 11 is 12.2. The lowest BCUT2D eigenvalue weighted by molar-refractivity contribution is 0.823. The standard InChI is InChI=1S/C20H19Cl2N7O/c1-3-14-15(20(30)27-24-16(14)4-2)10-23-17-5-6-18-25-26-19(29(18)28-17)11-7-12(21)9-13(22)8-11/h5-9H,3-4,10H2,1-2H3,(H,23,28)(H,27,30). The molecule has 3 heterocycles. The molecule has 0 aliphatic heterocycles. The summed E-state index contributed by atoms with van der Waals surface area (Å²) in [6.45, 7) is 4.36. The predicted molar refractivity (Wildman–Crippen MR) is 117 cm³/mol. The van der Waals surface area contributed by atoms with Crippen molar-refractivity contribution in [1.82, 2.24) is 30.0 Å². The van der Waals surface area contributed by atoms with Gasteiger partial charge in [0.15, 0.2) is 11.5 Å². The van der Waals surface area contributed by atoms with Crippen LogP contribution in [0.1, 0.15) is 30.7 Å². The van der Waals surface area contributed by atoms with Gasteiger partial charge in [0, 0.05) is 27.7 Å². The first-order chi connectivity index (χ1) is 14.5. The number of aromatic nitrogens is 6. The lowest BCUT2D eigenvalue weighted by atomic mass is 10.0. The number of hydrogen-bond donors (Lipinski definition) is 2. The molecule has 0 bridgehead atoms. The first kappa shape index (κ1) is 20.3. The topological polar surface area (TPSA) is 101 Å². The van der Waals surface area contributed by atoms with Crippen molar-refractivity contribution in [2.24, 2.45) is 0 Å². The summed E-state index contributed by atoms with van der Waals surface area (Å²) in [6.07, 6.45) is 1.48. The normalized spacial score (nSPS) is 11.2. The fourth-order valence-corrected chi connectivity index (χ4v) is 3.91. The third-order valence-electron chi connectivity index (χ3n) is 4.80. The number of anilines is 1. The summed E-state index contributed by atoms with van der Waals surface area (Å²) in [6, 6.07) is 8.75. The predicted octanol–water partition coefficient (Wildman–Crippen LogP) is 3.92. The van der Waals surface area contributed by atoms with Gasteiger partial charge in [-0.05, 0) is 48.7 Å². The van der Waals surface area contributed by atoms with Crippen molar-refractivity contribution in [2.75, 3.05) is 5.32 Å². The van der Waals surface area contributed by atoms with Crippen LogP contribution < -0.4 is 10.9 Å². The Balaban J connectivity index is 1.68. The van der Waals surface area contributed by atoms with E-state index in [0.717, 1.165) is 24.1 Å². The second-order valence-electron chi connectivity index (χ2n) is 6.69. The molecule has 0 spiro atoms. The van der Waals surface area contributed by atoms with Crippen LogP contribution in [0.4, 0.5) is 5.82 Å².